The van der Waals surface area contributed by atoms with Crippen LogP contribution in [-0.4, -0.2) is 31.1 Å². The van der Waals surface area contributed by atoms with Crippen molar-refractivity contribution in [2.24, 2.45) is 16.6 Å². The average molecular weight is 198 g/mol. The molecule has 14 heavy (non-hydrogen) atoms. The number of nitrogens with zero attached hydrogens (tertiary/aromatic N) is 1. The maximum absolute atomic E-state index is 5.75. The summed E-state index contributed by atoms with van der Waals surface area (Å²) in [4.78, 5) is 2.47. The molecule has 1 atom stereocenters. The van der Waals surface area contributed by atoms with Crippen molar-refractivity contribution in [1.29, 1.82) is 0 Å². The lowest BCUT2D eigenvalue weighted by atomic mass is 9.91. The molecule has 2 nitrogen and oxygen atoms in total. The summed E-state index contributed by atoms with van der Waals surface area (Å²) in [5, 5.41) is 0. The Hall–Kier alpha value is -0.0800. The first kappa shape index (κ1) is 12.0. The molecule has 0 heterocycles. The molecule has 2 heteroatoms. The van der Waals surface area contributed by atoms with Crippen molar-refractivity contribution in [3.8, 4) is 0 Å². The molecule has 2 N–H and O–H groups in total. The van der Waals surface area contributed by atoms with E-state index < -0.39 is 0 Å². The molecule has 1 aliphatic rings. The molecule has 84 valence electrons. The van der Waals surface area contributed by atoms with E-state index >= 15 is 0 Å². The van der Waals surface area contributed by atoms with Gasteiger partial charge >= 0.3 is 0 Å². The molecule has 0 aliphatic heterocycles. The van der Waals surface area contributed by atoms with Gasteiger partial charge in [0.1, 0.15) is 0 Å². The summed E-state index contributed by atoms with van der Waals surface area (Å²) < 4.78 is 0. The van der Waals surface area contributed by atoms with Crippen LogP contribution in [0.5, 0.6) is 0 Å². The predicted octanol–water partition coefficient (Wildman–Crippen LogP) is 2.09. The van der Waals surface area contributed by atoms with Gasteiger partial charge < -0.3 is 10.6 Å². The van der Waals surface area contributed by atoms with E-state index in [1.807, 2.05) is 0 Å². The standard InChI is InChI=1S/C12H26N2/c1-10(12(4)6-7-12)14(5)9-11(2,3)8-13/h10H,6-9,13H2,1-5H3. The normalized spacial score (nSPS) is 22.5. The highest BCUT2D eigenvalue weighted by atomic mass is 15.1. The summed E-state index contributed by atoms with van der Waals surface area (Å²) in [6.07, 6.45) is 2.78. The summed E-state index contributed by atoms with van der Waals surface area (Å²) >= 11 is 0. The van der Waals surface area contributed by atoms with Crippen LogP contribution in [0.2, 0.25) is 0 Å². The van der Waals surface area contributed by atoms with Crippen molar-refractivity contribution in [3.63, 3.8) is 0 Å². The lowest BCUT2D eigenvalue weighted by Gasteiger charge is -2.36. The van der Waals surface area contributed by atoms with Crippen molar-refractivity contribution in [2.75, 3.05) is 20.1 Å². The Morgan fingerprint density at radius 2 is 1.93 bits per heavy atom. The van der Waals surface area contributed by atoms with Crippen molar-refractivity contribution in [3.05, 3.63) is 0 Å². The molecule has 1 rings (SSSR count). The molecule has 0 saturated heterocycles. The minimum Gasteiger partial charge on any atom is -0.330 e. The van der Waals surface area contributed by atoms with Gasteiger partial charge in [-0.05, 0) is 44.2 Å². The van der Waals surface area contributed by atoms with E-state index in [2.05, 4.69) is 39.6 Å². The van der Waals surface area contributed by atoms with Gasteiger partial charge in [0.15, 0.2) is 0 Å². The minimum atomic E-state index is 0.244. The maximum Gasteiger partial charge on any atom is 0.0118 e. The molecule has 0 radical (unpaired) electrons. The SMILES string of the molecule is CC(N(C)CC(C)(C)CN)C1(C)CC1. The average Bonchev–Trinajstić information content (AvgIpc) is 2.83. The summed E-state index contributed by atoms with van der Waals surface area (Å²) in [5.74, 6) is 0. The second-order valence-electron chi connectivity index (χ2n) is 6.11. The van der Waals surface area contributed by atoms with E-state index in [4.69, 9.17) is 5.73 Å². The summed E-state index contributed by atoms with van der Waals surface area (Å²) in [6, 6.07) is 0.688. The first-order valence-electron chi connectivity index (χ1n) is 5.71. The zero-order chi connectivity index (χ0) is 11.0. The molecular weight excluding hydrogens is 172 g/mol. The van der Waals surface area contributed by atoms with Gasteiger partial charge in [-0.25, -0.2) is 0 Å². The Balaban J connectivity index is 2.45. The maximum atomic E-state index is 5.75. The fraction of sp³-hybridized carbons (Fsp3) is 1.00. The van der Waals surface area contributed by atoms with Crippen LogP contribution in [0.15, 0.2) is 0 Å². The molecular formula is C12H26N2. The highest BCUT2D eigenvalue weighted by molar-refractivity contribution is 4.97. The smallest absolute Gasteiger partial charge is 0.0118 e. The van der Waals surface area contributed by atoms with Crippen LogP contribution in [0, 0.1) is 10.8 Å². The summed E-state index contributed by atoms with van der Waals surface area (Å²) in [6.45, 7) is 11.1. The molecule has 0 amide bonds. The third kappa shape index (κ3) is 2.71. The Labute approximate surface area is 88.8 Å². The van der Waals surface area contributed by atoms with Gasteiger partial charge in [0, 0.05) is 12.6 Å². The van der Waals surface area contributed by atoms with E-state index in [-0.39, 0.29) is 5.41 Å². The third-order valence-electron chi connectivity index (χ3n) is 3.94. The van der Waals surface area contributed by atoms with E-state index in [0.717, 1.165) is 13.1 Å². The first-order chi connectivity index (χ1) is 6.31. The Bertz CT molecular complexity index is 194. The van der Waals surface area contributed by atoms with Gasteiger partial charge in [0.05, 0.1) is 0 Å². The van der Waals surface area contributed by atoms with Gasteiger partial charge in [-0.2, -0.15) is 0 Å². The molecule has 1 saturated carbocycles. The zero-order valence-corrected chi connectivity index (χ0v) is 10.4. The minimum absolute atomic E-state index is 0.244. The van der Waals surface area contributed by atoms with Crippen molar-refractivity contribution in [2.45, 2.75) is 46.6 Å². The lowest BCUT2D eigenvalue weighted by molar-refractivity contribution is 0.131. The number of rotatable bonds is 5. The molecule has 1 aliphatic carbocycles. The van der Waals surface area contributed by atoms with Crippen LogP contribution >= 0.6 is 0 Å². The molecule has 0 bridgehead atoms. The van der Waals surface area contributed by atoms with Gasteiger partial charge in [-0.15, -0.1) is 0 Å². The zero-order valence-electron chi connectivity index (χ0n) is 10.4. The van der Waals surface area contributed by atoms with Crippen molar-refractivity contribution in [1.82, 2.24) is 4.90 Å². The largest absolute Gasteiger partial charge is 0.330 e. The molecule has 0 spiro atoms. The van der Waals surface area contributed by atoms with E-state index in [9.17, 15) is 0 Å². The summed E-state index contributed by atoms with van der Waals surface area (Å²) in [7, 11) is 2.23. The molecule has 0 aromatic heterocycles. The van der Waals surface area contributed by atoms with Crippen molar-refractivity contribution < 1.29 is 0 Å². The summed E-state index contributed by atoms with van der Waals surface area (Å²) in [5.41, 5.74) is 6.58. The number of nitrogens with two attached hydrogens (primary N) is 1. The second-order valence-corrected chi connectivity index (χ2v) is 6.11. The molecule has 1 unspecified atom stereocenters. The highest BCUT2D eigenvalue weighted by Crippen LogP contribution is 2.49. The van der Waals surface area contributed by atoms with E-state index in [0.29, 0.717) is 11.5 Å². The van der Waals surface area contributed by atoms with Crippen LogP contribution in [0.3, 0.4) is 0 Å². The number of hydrogen-bond donors (Lipinski definition) is 1. The van der Waals surface area contributed by atoms with Crippen LogP contribution in [-0.2, 0) is 0 Å². The van der Waals surface area contributed by atoms with E-state index in [1.165, 1.54) is 12.8 Å². The van der Waals surface area contributed by atoms with Crippen LogP contribution < -0.4 is 5.73 Å². The van der Waals surface area contributed by atoms with Crippen LogP contribution in [0.1, 0.15) is 40.5 Å². The highest BCUT2D eigenvalue weighted by Gasteiger charge is 2.44. The van der Waals surface area contributed by atoms with Crippen molar-refractivity contribution >= 4 is 0 Å². The molecule has 1 fully saturated rings. The topological polar surface area (TPSA) is 29.3 Å². The molecule has 0 aromatic carbocycles. The monoisotopic (exact) mass is 198 g/mol. The Morgan fingerprint density at radius 3 is 2.29 bits per heavy atom. The molecule has 0 aromatic rings. The third-order valence-corrected chi connectivity index (χ3v) is 3.94. The Morgan fingerprint density at radius 1 is 1.43 bits per heavy atom. The van der Waals surface area contributed by atoms with Gasteiger partial charge in [0.2, 0.25) is 0 Å². The fourth-order valence-corrected chi connectivity index (χ4v) is 2.02. The second kappa shape index (κ2) is 3.82. The van der Waals surface area contributed by atoms with Gasteiger partial charge in [-0.1, -0.05) is 20.8 Å². The quantitative estimate of drug-likeness (QED) is 0.733. The van der Waals surface area contributed by atoms with Gasteiger partial charge in [0.25, 0.3) is 0 Å². The number of hydrogen-bond acceptors (Lipinski definition) is 2. The lowest BCUT2D eigenvalue weighted by Crippen LogP contribution is -2.43. The first-order valence-corrected chi connectivity index (χ1v) is 5.71. The fourth-order valence-electron chi connectivity index (χ4n) is 2.02. The van der Waals surface area contributed by atoms with Gasteiger partial charge in [-0.3, -0.25) is 0 Å². The van der Waals surface area contributed by atoms with Crippen LogP contribution in [0.25, 0.3) is 0 Å². The predicted molar refractivity (Wildman–Crippen MR) is 62.3 cm³/mol. The van der Waals surface area contributed by atoms with E-state index in [1.54, 1.807) is 0 Å². The Kier molecular flexibility index (Phi) is 3.27. The van der Waals surface area contributed by atoms with Crippen LogP contribution in [0.4, 0.5) is 0 Å².